The number of methoxy groups -OCH3 is 1. The predicted octanol–water partition coefficient (Wildman–Crippen LogP) is 1.03. The highest BCUT2D eigenvalue weighted by atomic mass is 16.5. The molecule has 1 aliphatic heterocycles. The zero-order valence-electron chi connectivity index (χ0n) is 11.9. The van der Waals surface area contributed by atoms with Crippen LogP contribution in [-0.4, -0.2) is 37.0 Å². The summed E-state index contributed by atoms with van der Waals surface area (Å²) in [5.74, 6) is 0.541. The van der Waals surface area contributed by atoms with E-state index < -0.39 is 0 Å². The zero-order chi connectivity index (χ0) is 14.5. The van der Waals surface area contributed by atoms with Crippen LogP contribution in [0.1, 0.15) is 30.9 Å². The topological polar surface area (TPSA) is 81.6 Å². The summed E-state index contributed by atoms with van der Waals surface area (Å²) in [4.78, 5) is 13.8. The second-order valence-electron chi connectivity index (χ2n) is 5.18. The van der Waals surface area contributed by atoms with Gasteiger partial charge in [-0.2, -0.15) is 0 Å². The zero-order valence-corrected chi connectivity index (χ0v) is 11.9. The molecule has 0 aliphatic carbocycles. The largest absolute Gasteiger partial charge is 0.497 e. The van der Waals surface area contributed by atoms with Crippen molar-refractivity contribution < 1.29 is 9.53 Å². The number of hydrogen-bond acceptors (Lipinski definition) is 4. The van der Waals surface area contributed by atoms with Crippen molar-refractivity contribution >= 4 is 5.91 Å². The van der Waals surface area contributed by atoms with Gasteiger partial charge in [0, 0.05) is 12.6 Å². The first-order chi connectivity index (χ1) is 9.67. The molecule has 1 heterocycles. The second kappa shape index (κ2) is 6.72. The first-order valence-electron chi connectivity index (χ1n) is 7.06. The van der Waals surface area contributed by atoms with E-state index in [0.717, 1.165) is 37.1 Å². The van der Waals surface area contributed by atoms with Crippen LogP contribution in [0.15, 0.2) is 24.3 Å². The smallest absolute Gasteiger partial charge is 0.234 e. The lowest BCUT2D eigenvalue weighted by Gasteiger charge is -2.39. The number of nitrogens with two attached hydrogens (primary N) is 2. The molecule has 0 saturated carbocycles. The normalized spacial score (nSPS) is 21.4. The Hall–Kier alpha value is -1.59. The molecule has 2 unspecified atom stereocenters. The highest BCUT2D eigenvalue weighted by molar-refractivity contribution is 5.80. The quantitative estimate of drug-likeness (QED) is 0.842. The van der Waals surface area contributed by atoms with E-state index in [-0.39, 0.29) is 18.0 Å². The predicted molar refractivity (Wildman–Crippen MR) is 78.3 cm³/mol. The van der Waals surface area contributed by atoms with E-state index in [2.05, 4.69) is 4.90 Å². The lowest BCUT2D eigenvalue weighted by molar-refractivity contribution is -0.125. The Labute approximate surface area is 119 Å². The highest BCUT2D eigenvalue weighted by Gasteiger charge is 2.32. The molecule has 2 rings (SSSR count). The number of carbonyl (C=O) groups is 1. The summed E-state index contributed by atoms with van der Waals surface area (Å²) in [6.45, 7) is 1.31. The van der Waals surface area contributed by atoms with Gasteiger partial charge >= 0.3 is 0 Å². The number of amides is 1. The van der Waals surface area contributed by atoms with Crippen LogP contribution < -0.4 is 16.2 Å². The third-order valence-electron chi connectivity index (χ3n) is 3.97. The SMILES string of the molecule is COc1cccc(C(CN)N2CCCCC2C(N)=O)c1. The van der Waals surface area contributed by atoms with Gasteiger partial charge in [-0.15, -0.1) is 0 Å². The van der Waals surface area contributed by atoms with Crippen molar-refractivity contribution in [1.82, 2.24) is 4.90 Å². The molecule has 0 radical (unpaired) electrons. The van der Waals surface area contributed by atoms with Crippen molar-refractivity contribution in [2.45, 2.75) is 31.3 Å². The van der Waals surface area contributed by atoms with Gasteiger partial charge in [0.15, 0.2) is 0 Å². The van der Waals surface area contributed by atoms with Crippen LogP contribution in [0.2, 0.25) is 0 Å². The summed E-state index contributed by atoms with van der Waals surface area (Å²) in [6, 6.07) is 7.63. The van der Waals surface area contributed by atoms with E-state index in [1.54, 1.807) is 7.11 Å². The molecule has 1 fully saturated rings. The maximum atomic E-state index is 11.7. The molecule has 110 valence electrons. The summed E-state index contributed by atoms with van der Waals surface area (Å²) in [7, 11) is 1.64. The van der Waals surface area contributed by atoms with Crippen LogP contribution >= 0.6 is 0 Å². The van der Waals surface area contributed by atoms with Gasteiger partial charge in [-0.1, -0.05) is 18.6 Å². The van der Waals surface area contributed by atoms with E-state index in [1.807, 2.05) is 24.3 Å². The van der Waals surface area contributed by atoms with Crippen molar-refractivity contribution in [2.24, 2.45) is 11.5 Å². The molecular weight excluding hydrogens is 254 g/mol. The molecule has 0 bridgehead atoms. The number of nitrogens with zero attached hydrogens (tertiary/aromatic N) is 1. The molecule has 4 N–H and O–H groups in total. The Morgan fingerprint density at radius 2 is 2.30 bits per heavy atom. The average Bonchev–Trinajstić information content (AvgIpc) is 2.48. The lowest BCUT2D eigenvalue weighted by atomic mass is 9.95. The van der Waals surface area contributed by atoms with E-state index >= 15 is 0 Å². The number of ether oxygens (including phenoxy) is 1. The summed E-state index contributed by atoms with van der Waals surface area (Å²) < 4.78 is 5.26. The average molecular weight is 277 g/mol. The van der Waals surface area contributed by atoms with E-state index in [1.165, 1.54) is 0 Å². The van der Waals surface area contributed by atoms with Gasteiger partial charge in [-0.25, -0.2) is 0 Å². The van der Waals surface area contributed by atoms with Crippen LogP contribution in [0.5, 0.6) is 5.75 Å². The van der Waals surface area contributed by atoms with Crippen molar-refractivity contribution in [2.75, 3.05) is 20.2 Å². The Bertz CT molecular complexity index is 464. The van der Waals surface area contributed by atoms with E-state index in [0.29, 0.717) is 6.54 Å². The molecule has 0 spiro atoms. The molecule has 1 aromatic carbocycles. The van der Waals surface area contributed by atoms with Crippen LogP contribution in [0.3, 0.4) is 0 Å². The van der Waals surface area contributed by atoms with Crippen molar-refractivity contribution in [3.63, 3.8) is 0 Å². The summed E-state index contributed by atoms with van der Waals surface area (Å²) in [5, 5.41) is 0. The maximum Gasteiger partial charge on any atom is 0.234 e. The van der Waals surface area contributed by atoms with Crippen LogP contribution in [-0.2, 0) is 4.79 Å². The first kappa shape index (κ1) is 14.8. The van der Waals surface area contributed by atoms with Gasteiger partial charge in [0.05, 0.1) is 13.2 Å². The molecule has 0 aromatic heterocycles. The van der Waals surface area contributed by atoms with Crippen LogP contribution in [0.25, 0.3) is 0 Å². The van der Waals surface area contributed by atoms with Crippen molar-refractivity contribution in [3.05, 3.63) is 29.8 Å². The van der Waals surface area contributed by atoms with Crippen LogP contribution in [0, 0.1) is 0 Å². The Balaban J connectivity index is 2.27. The number of primary amides is 1. The molecule has 1 amide bonds. The fourth-order valence-electron chi connectivity index (χ4n) is 2.94. The first-order valence-corrected chi connectivity index (χ1v) is 7.06. The van der Waals surface area contributed by atoms with Gasteiger partial charge in [-0.05, 0) is 37.1 Å². The monoisotopic (exact) mass is 277 g/mol. The molecule has 1 aromatic rings. The third kappa shape index (κ3) is 3.11. The van der Waals surface area contributed by atoms with Gasteiger partial charge < -0.3 is 16.2 Å². The number of rotatable bonds is 5. The third-order valence-corrected chi connectivity index (χ3v) is 3.97. The van der Waals surface area contributed by atoms with Gasteiger partial charge in [0.25, 0.3) is 0 Å². The van der Waals surface area contributed by atoms with Gasteiger partial charge in [0.2, 0.25) is 5.91 Å². The van der Waals surface area contributed by atoms with Crippen molar-refractivity contribution in [1.29, 1.82) is 0 Å². The van der Waals surface area contributed by atoms with Crippen LogP contribution in [0.4, 0.5) is 0 Å². The number of hydrogen-bond donors (Lipinski definition) is 2. The second-order valence-corrected chi connectivity index (χ2v) is 5.18. The van der Waals surface area contributed by atoms with E-state index in [4.69, 9.17) is 16.2 Å². The van der Waals surface area contributed by atoms with Crippen molar-refractivity contribution in [3.8, 4) is 5.75 Å². The fourth-order valence-corrected chi connectivity index (χ4v) is 2.94. The molecule has 1 aliphatic rings. The summed E-state index contributed by atoms with van der Waals surface area (Å²) >= 11 is 0. The minimum atomic E-state index is -0.258. The molecule has 5 heteroatoms. The van der Waals surface area contributed by atoms with Gasteiger partial charge in [-0.3, -0.25) is 9.69 Å². The summed E-state index contributed by atoms with van der Waals surface area (Å²) in [5.41, 5.74) is 12.6. The number of carbonyl (C=O) groups excluding carboxylic acids is 1. The fraction of sp³-hybridized carbons (Fsp3) is 0.533. The molecule has 1 saturated heterocycles. The minimum absolute atomic E-state index is 0.00269. The number of benzene rings is 1. The number of piperidine rings is 1. The minimum Gasteiger partial charge on any atom is -0.497 e. The number of likely N-dealkylation sites (tertiary alicyclic amines) is 1. The molecule has 2 atom stereocenters. The molecule has 5 nitrogen and oxygen atoms in total. The lowest BCUT2D eigenvalue weighted by Crippen LogP contribution is -2.50. The standard InChI is InChI=1S/C15H23N3O2/c1-20-12-6-4-5-11(9-12)14(10-16)18-8-3-2-7-13(18)15(17)19/h4-6,9,13-14H,2-3,7-8,10,16H2,1H3,(H2,17,19). The Kier molecular flexibility index (Phi) is 4.98. The van der Waals surface area contributed by atoms with E-state index in [9.17, 15) is 4.79 Å². The maximum absolute atomic E-state index is 11.7. The summed E-state index contributed by atoms with van der Waals surface area (Å²) in [6.07, 6.45) is 2.93. The molecular formula is C15H23N3O2. The van der Waals surface area contributed by atoms with Gasteiger partial charge in [0.1, 0.15) is 5.75 Å². The Morgan fingerprint density at radius 3 is 2.95 bits per heavy atom. The molecule has 20 heavy (non-hydrogen) atoms. The Morgan fingerprint density at radius 1 is 1.50 bits per heavy atom. The highest BCUT2D eigenvalue weighted by Crippen LogP contribution is 2.29.